The average molecular weight is 401 g/mol. The molecule has 2 aromatic rings. The van der Waals surface area contributed by atoms with E-state index in [0.717, 1.165) is 5.39 Å². The molecule has 1 aromatic carbocycles. The molecule has 27 heavy (non-hydrogen) atoms. The lowest BCUT2D eigenvalue weighted by Crippen LogP contribution is -2.49. The van der Waals surface area contributed by atoms with Gasteiger partial charge in [-0.3, -0.25) is 9.78 Å². The Labute approximate surface area is 169 Å². The van der Waals surface area contributed by atoms with E-state index in [1.807, 2.05) is 13.8 Å². The van der Waals surface area contributed by atoms with Gasteiger partial charge in [0.2, 0.25) is 5.44 Å². The van der Waals surface area contributed by atoms with Crippen molar-refractivity contribution in [3.63, 3.8) is 0 Å². The van der Waals surface area contributed by atoms with Crippen molar-refractivity contribution in [2.75, 3.05) is 6.26 Å². The first kappa shape index (κ1) is 21.0. The van der Waals surface area contributed by atoms with E-state index in [1.54, 1.807) is 37.6 Å². The van der Waals surface area contributed by atoms with Crippen molar-refractivity contribution in [3.05, 3.63) is 35.0 Å². The zero-order valence-electron chi connectivity index (χ0n) is 15.7. The number of fused-ring (bicyclic) bond motifs is 1. The number of benzene rings is 1. The third kappa shape index (κ3) is 5.10. The average Bonchev–Trinajstić information content (AvgIpc) is 2.65. The quantitative estimate of drug-likeness (QED) is 0.582. The molecule has 1 heterocycles. The van der Waals surface area contributed by atoms with Crippen molar-refractivity contribution < 1.29 is 9.53 Å². The SMILES string of the molecule is C#Cc1cnc2c(Cl)cc(OC(SC)C(=O)NC(C)(C#CC)CC)cc2c1. The maximum atomic E-state index is 12.7. The summed E-state index contributed by atoms with van der Waals surface area (Å²) >= 11 is 7.60. The number of rotatable bonds is 6. The number of halogens is 1. The van der Waals surface area contributed by atoms with Crippen molar-refractivity contribution in [2.45, 2.75) is 38.2 Å². The molecule has 0 saturated carbocycles. The number of aromatic nitrogens is 1. The van der Waals surface area contributed by atoms with Gasteiger partial charge < -0.3 is 10.1 Å². The Bertz CT molecular complexity index is 958. The van der Waals surface area contributed by atoms with Crippen LogP contribution in [0.2, 0.25) is 5.02 Å². The Hall–Kier alpha value is -2.34. The van der Waals surface area contributed by atoms with Crippen molar-refractivity contribution in [3.8, 4) is 29.9 Å². The fourth-order valence-electron chi connectivity index (χ4n) is 2.47. The fraction of sp³-hybridized carbons (Fsp3) is 0.333. The minimum absolute atomic E-state index is 0.249. The number of nitrogens with one attached hydrogen (secondary N) is 1. The van der Waals surface area contributed by atoms with Gasteiger partial charge in [-0.25, -0.2) is 0 Å². The van der Waals surface area contributed by atoms with E-state index in [-0.39, 0.29) is 5.91 Å². The number of amides is 1. The van der Waals surface area contributed by atoms with Crippen LogP contribution in [-0.4, -0.2) is 28.1 Å². The second kappa shape index (κ2) is 9.04. The lowest BCUT2D eigenvalue weighted by atomic mass is 10.00. The molecule has 0 spiro atoms. The Kier molecular flexibility index (Phi) is 7.02. The zero-order chi connectivity index (χ0) is 20.0. The smallest absolute Gasteiger partial charge is 0.272 e. The van der Waals surface area contributed by atoms with E-state index in [1.165, 1.54) is 11.8 Å². The molecule has 0 aliphatic heterocycles. The predicted molar refractivity (Wildman–Crippen MR) is 113 cm³/mol. The van der Waals surface area contributed by atoms with Gasteiger partial charge in [-0.1, -0.05) is 30.4 Å². The van der Waals surface area contributed by atoms with E-state index in [2.05, 4.69) is 28.1 Å². The molecule has 0 bridgehead atoms. The Morgan fingerprint density at radius 1 is 1.48 bits per heavy atom. The fourth-order valence-corrected chi connectivity index (χ4v) is 3.22. The normalized spacial score (nSPS) is 13.6. The van der Waals surface area contributed by atoms with Gasteiger partial charge in [0, 0.05) is 23.2 Å². The maximum absolute atomic E-state index is 12.7. The Morgan fingerprint density at radius 2 is 2.22 bits per heavy atom. The molecule has 140 valence electrons. The van der Waals surface area contributed by atoms with Gasteiger partial charge >= 0.3 is 0 Å². The van der Waals surface area contributed by atoms with Crippen LogP contribution in [0, 0.1) is 24.2 Å². The topological polar surface area (TPSA) is 51.2 Å². The highest BCUT2D eigenvalue weighted by Gasteiger charge is 2.27. The predicted octanol–water partition coefficient (Wildman–Crippen LogP) is 4.25. The maximum Gasteiger partial charge on any atom is 0.272 e. The Morgan fingerprint density at radius 3 is 2.81 bits per heavy atom. The highest BCUT2D eigenvalue weighted by Crippen LogP contribution is 2.30. The van der Waals surface area contributed by atoms with Crippen LogP contribution in [0.1, 0.15) is 32.8 Å². The molecule has 0 saturated heterocycles. The van der Waals surface area contributed by atoms with E-state index in [4.69, 9.17) is 22.8 Å². The molecule has 0 aliphatic carbocycles. The first-order chi connectivity index (χ1) is 12.9. The summed E-state index contributed by atoms with van der Waals surface area (Å²) in [5, 5.41) is 4.14. The standard InChI is InChI=1S/C21H21ClN2O2S/c1-6-9-21(4,8-3)24-19(25)20(27-5)26-16-11-15-10-14(7-2)13-23-18(15)17(22)12-16/h2,10-13,20H,8H2,1,3-5H3,(H,24,25). The molecule has 6 heteroatoms. The monoisotopic (exact) mass is 400 g/mol. The van der Waals surface area contributed by atoms with E-state index < -0.39 is 11.0 Å². The summed E-state index contributed by atoms with van der Waals surface area (Å²) in [7, 11) is 0. The van der Waals surface area contributed by atoms with E-state index in [9.17, 15) is 4.79 Å². The van der Waals surface area contributed by atoms with Gasteiger partial charge in [0.25, 0.3) is 5.91 Å². The van der Waals surface area contributed by atoms with Crippen LogP contribution in [0.4, 0.5) is 0 Å². The van der Waals surface area contributed by atoms with Crippen LogP contribution in [0.15, 0.2) is 24.4 Å². The number of hydrogen-bond acceptors (Lipinski definition) is 4. The molecule has 0 radical (unpaired) electrons. The summed E-state index contributed by atoms with van der Waals surface area (Å²) < 4.78 is 5.90. The molecule has 0 aliphatic rings. The largest absolute Gasteiger partial charge is 0.470 e. The number of ether oxygens (including phenoxy) is 1. The third-order valence-corrected chi connectivity index (χ3v) is 5.08. The molecule has 1 amide bonds. The first-order valence-corrected chi connectivity index (χ1v) is 10.0. The van der Waals surface area contributed by atoms with Crippen molar-refractivity contribution in [1.82, 2.24) is 10.3 Å². The number of pyridine rings is 1. The minimum Gasteiger partial charge on any atom is -0.470 e. The molecule has 1 N–H and O–H groups in total. The van der Waals surface area contributed by atoms with Gasteiger partial charge in [-0.2, -0.15) is 0 Å². The highest BCUT2D eigenvalue weighted by molar-refractivity contribution is 7.99. The van der Waals surface area contributed by atoms with E-state index >= 15 is 0 Å². The second-order valence-corrected chi connectivity index (χ2v) is 7.39. The van der Waals surface area contributed by atoms with Crippen molar-refractivity contribution >= 4 is 40.2 Å². The summed E-state index contributed by atoms with van der Waals surface area (Å²) in [5.41, 5.74) is -0.0704. The minimum atomic E-state index is -0.744. The first-order valence-electron chi connectivity index (χ1n) is 8.37. The number of carbonyl (C=O) groups excluding carboxylic acids is 1. The highest BCUT2D eigenvalue weighted by atomic mass is 35.5. The van der Waals surface area contributed by atoms with Gasteiger partial charge in [0.15, 0.2) is 0 Å². The molecule has 4 nitrogen and oxygen atoms in total. The van der Waals surface area contributed by atoms with Crippen LogP contribution in [0.25, 0.3) is 10.9 Å². The van der Waals surface area contributed by atoms with Gasteiger partial charge in [0.05, 0.1) is 16.1 Å². The number of terminal acetylenes is 1. The van der Waals surface area contributed by atoms with E-state index in [0.29, 0.717) is 28.3 Å². The summed E-state index contributed by atoms with van der Waals surface area (Å²) in [6.45, 7) is 5.61. The number of thioether (sulfide) groups is 1. The van der Waals surface area contributed by atoms with Crippen molar-refractivity contribution in [1.29, 1.82) is 0 Å². The molecule has 2 rings (SSSR count). The molecule has 2 unspecified atom stereocenters. The molecule has 1 aromatic heterocycles. The lowest BCUT2D eigenvalue weighted by Gasteiger charge is -2.26. The second-order valence-electron chi connectivity index (χ2n) is 6.08. The van der Waals surface area contributed by atoms with Crippen LogP contribution < -0.4 is 10.1 Å². The zero-order valence-corrected chi connectivity index (χ0v) is 17.3. The van der Waals surface area contributed by atoms with Crippen molar-refractivity contribution in [2.24, 2.45) is 0 Å². The van der Waals surface area contributed by atoms with Gasteiger partial charge in [-0.05, 0) is 38.7 Å². The van der Waals surface area contributed by atoms with Gasteiger partial charge in [0.1, 0.15) is 5.75 Å². The number of hydrogen-bond donors (Lipinski definition) is 1. The Balaban J connectivity index is 2.28. The van der Waals surface area contributed by atoms with Crippen LogP contribution >= 0.6 is 23.4 Å². The molecular formula is C21H21ClN2O2S. The molecule has 2 atom stereocenters. The summed E-state index contributed by atoms with van der Waals surface area (Å²) in [6, 6.07) is 5.23. The van der Waals surface area contributed by atoms with Gasteiger partial charge in [-0.15, -0.1) is 24.1 Å². The van der Waals surface area contributed by atoms with Crippen LogP contribution in [0.5, 0.6) is 5.75 Å². The number of carbonyl (C=O) groups is 1. The summed E-state index contributed by atoms with van der Waals surface area (Å²) in [4.78, 5) is 17.0. The molecular weight excluding hydrogens is 380 g/mol. The third-order valence-electron chi connectivity index (χ3n) is 4.06. The lowest BCUT2D eigenvalue weighted by molar-refractivity contribution is -0.125. The van der Waals surface area contributed by atoms with Crippen LogP contribution in [-0.2, 0) is 4.79 Å². The summed E-state index contributed by atoms with van der Waals surface area (Å²) in [5.74, 6) is 8.66. The van der Waals surface area contributed by atoms with Crippen LogP contribution in [0.3, 0.4) is 0 Å². The number of nitrogens with zero attached hydrogens (tertiary/aromatic N) is 1. The summed E-state index contributed by atoms with van der Waals surface area (Å²) in [6.07, 6.45) is 9.51. The molecule has 0 fully saturated rings.